The molecule has 0 spiro atoms. The Morgan fingerprint density at radius 3 is 2.92 bits per heavy atom. The monoisotopic (exact) mass is 245 g/mol. The summed E-state index contributed by atoms with van der Waals surface area (Å²) in [5, 5.41) is 2.84. The van der Waals surface area contributed by atoms with Crippen molar-refractivity contribution < 1.29 is 9.21 Å². The molecule has 3 nitrogen and oxygen atoms in total. The number of nitrogens with one attached hydrogen (secondary N) is 1. The van der Waals surface area contributed by atoms with E-state index in [1.807, 2.05) is 13.8 Å². The first-order valence-electron chi connectivity index (χ1n) is 4.18. The van der Waals surface area contributed by atoms with E-state index in [1.54, 1.807) is 6.07 Å². The van der Waals surface area contributed by atoms with Crippen molar-refractivity contribution in [3.8, 4) is 0 Å². The van der Waals surface area contributed by atoms with E-state index in [9.17, 15) is 4.79 Å². The fourth-order valence-electron chi connectivity index (χ4n) is 0.838. The summed E-state index contributed by atoms with van der Waals surface area (Å²) in [5.74, 6) is -0.0937. The van der Waals surface area contributed by atoms with Crippen LogP contribution in [-0.2, 0) is 0 Å². The molecule has 1 amide bonds. The summed E-state index contributed by atoms with van der Waals surface area (Å²) in [5.41, 5.74) is 0.548. The molecule has 0 fully saturated rings. The van der Waals surface area contributed by atoms with Gasteiger partial charge in [0.15, 0.2) is 4.67 Å². The first-order chi connectivity index (χ1) is 6.13. The lowest BCUT2D eigenvalue weighted by molar-refractivity contribution is 0.0938. The highest BCUT2D eigenvalue weighted by Gasteiger charge is 2.10. The van der Waals surface area contributed by atoms with Gasteiger partial charge in [-0.2, -0.15) is 0 Å². The van der Waals surface area contributed by atoms with Crippen LogP contribution in [0.5, 0.6) is 0 Å². The molecule has 13 heavy (non-hydrogen) atoms. The summed E-state index contributed by atoms with van der Waals surface area (Å²) in [6.45, 7) is 3.99. The third kappa shape index (κ3) is 2.88. The van der Waals surface area contributed by atoms with Crippen molar-refractivity contribution in [2.45, 2.75) is 26.3 Å². The highest BCUT2D eigenvalue weighted by Crippen LogP contribution is 2.13. The Labute approximate surface area is 85.6 Å². The second-order valence-corrected chi connectivity index (χ2v) is 3.70. The molecule has 1 rings (SSSR count). The lowest BCUT2D eigenvalue weighted by Crippen LogP contribution is -2.31. The van der Waals surface area contributed by atoms with E-state index >= 15 is 0 Å². The average molecular weight is 246 g/mol. The SMILES string of the molecule is CCC(C)NC(=O)c1coc(Br)c1. The maximum atomic E-state index is 11.4. The topological polar surface area (TPSA) is 42.2 Å². The van der Waals surface area contributed by atoms with Crippen LogP contribution in [0.1, 0.15) is 30.6 Å². The Morgan fingerprint density at radius 1 is 1.77 bits per heavy atom. The Balaban J connectivity index is 2.58. The van der Waals surface area contributed by atoms with Crippen LogP contribution in [0, 0.1) is 0 Å². The van der Waals surface area contributed by atoms with E-state index < -0.39 is 0 Å². The molecule has 1 N–H and O–H groups in total. The first kappa shape index (κ1) is 10.3. The molecule has 72 valence electrons. The number of carbonyl (C=O) groups excluding carboxylic acids is 1. The maximum Gasteiger partial charge on any atom is 0.254 e. The summed E-state index contributed by atoms with van der Waals surface area (Å²) in [7, 11) is 0. The smallest absolute Gasteiger partial charge is 0.254 e. The number of rotatable bonds is 3. The molecule has 0 saturated carbocycles. The van der Waals surface area contributed by atoms with Crippen molar-refractivity contribution in [1.82, 2.24) is 5.32 Å². The fraction of sp³-hybridized carbons (Fsp3) is 0.444. The van der Waals surface area contributed by atoms with Gasteiger partial charge < -0.3 is 9.73 Å². The summed E-state index contributed by atoms with van der Waals surface area (Å²) < 4.78 is 5.53. The molecule has 1 heterocycles. The molecule has 1 unspecified atom stereocenters. The summed E-state index contributed by atoms with van der Waals surface area (Å²) >= 11 is 3.14. The molecule has 1 atom stereocenters. The number of halogens is 1. The van der Waals surface area contributed by atoms with E-state index in [4.69, 9.17) is 4.42 Å². The predicted octanol–water partition coefficient (Wildman–Crippen LogP) is 2.57. The minimum Gasteiger partial charge on any atom is -0.457 e. The highest BCUT2D eigenvalue weighted by molar-refractivity contribution is 9.10. The van der Waals surface area contributed by atoms with E-state index in [2.05, 4.69) is 21.2 Å². The zero-order valence-electron chi connectivity index (χ0n) is 7.63. The van der Waals surface area contributed by atoms with Crippen molar-refractivity contribution in [2.75, 3.05) is 0 Å². The fourth-order valence-corrected chi connectivity index (χ4v) is 1.18. The molecule has 4 heteroatoms. The normalized spacial score (nSPS) is 12.5. The van der Waals surface area contributed by atoms with Crippen LogP contribution in [-0.4, -0.2) is 11.9 Å². The Bertz CT molecular complexity index is 296. The molecule has 0 bridgehead atoms. The van der Waals surface area contributed by atoms with Gasteiger partial charge in [0.25, 0.3) is 5.91 Å². The second-order valence-electron chi connectivity index (χ2n) is 2.92. The van der Waals surface area contributed by atoms with Crippen molar-refractivity contribution in [1.29, 1.82) is 0 Å². The quantitative estimate of drug-likeness (QED) is 0.890. The third-order valence-corrected chi connectivity index (χ3v) is 2.24. The molecular formula is C9H12BrNO2. The van der Waals surface area contributed by atoms with Crippen molar-refractivity contribution in [3.63, 3.8) is 0 Å². The molecular weight excluding hydrogens is 234 g/mol. The molecule has 0 aromatic carbocycles. The molecule has 0 aliphatic carbocycles. The minimum atomic E-state index is -0.0937. The van der Waals surface area contributed by atoms with Crippen molar-refractivity contribution >= 4 is 21.8 Å². The van der Waals surface area contributed by atoms with Gasteiger partial charge in [-0.15, -0.1) is 0 Å². The van der Waals surface area contributed by atoms with Gasteiger partial charge in [-0.25, -0.2) is 0 Å². The molecule has 1 aromatic rings. The van der Waals surface area contributed by atoms with Gasteiger partial charge in [0.05, 0.1) is 5.56 Å². The van der Waals surface area contributed by atoms with Crippen LogP contribution in [0.4, 0.5) is 0 Å². The number of hydrogen-bond acceptors (Lipinski definition) is 2. The van der Waals surface area contributed by atoms with Gasteiger partial charge in [0.2, 0.25) is 0 Å². The van der Waals surface area contributed by atoms with Crippen LogP contribution in [0.2, 0.25) is 0 Å². The first-order valence-corrected chi connectivity index (χ1v) is 4.97. The number of carbonyl (C=O) groups is 1. The van der Waals surface area contributed by atoms with Gasteiger partial charge in [-0.05, 0) is 29.3 Å². The van der Waals surface area contributed by atoms with E-state index in [0.29, 0.717) is 10.2 Å². The molecule has 1 aromatic heterocycles. The molecule has 0 aliphatic heterocycles. The van der Waals surface area contributed by atoms with Crippen LogP contribution in [0.3, 0.4) is 0 Å². The average Bonchev–Trinajstić information content (AvgIpc) is 2.51. The predicted molar refractivity (Wildman–Crippen MR) is 53.6 cm³/mol. The van der Waals surface area contributed by atoms with Crippen molar-refractivity contribution in [3.05, 3.63) is 22.6 Å². The van der Waals surface area contributed by atoms with Crippen molar-refractivity contribution in [2.24, 2.45) is 0 Å². The zero-order chi connectivity index (χ0) is 9.84. The number of hydrogen-bond donors (Lipinski definition) is 1. The lowest BCUT2D eigenvalue weighted by atomic mass is 10.2. The van der Waals surface area contributed by atoms with Crippen LogP contribution in [0.25, 0.3) is 0 Å². The number of furan rings is 1. The maximum absolute atomic E-state index is 11.4. The number of amides is 1. The zero-order valence-corrected chi connectivity index (χ0v) is 9.22. The van der Waals surface area contributed by atoms with Gasteiger partial charge in [-0.1, -0.05) is 6.92 Å². The standard InChI is InChI=1S/C9H12BrNO2/c1-3-6(2)11-9(12)7-4-8(10)13-5-7/h4-6H,3H2,1-2H3,(H,11,12). The van der Waals surface area contributed by atoms with Gasteiger partial charge in [0, 0.05) is 12.1 Å². The summed E-state index contributed by atoms with van der Waals surface area (Å²) in [6, 6.07) is 1.85. The summed E-state index contributed by atoms with van der Waals surface area (Å²) in [6.07, 6.45) is 2.35. The summed E-state index contributed by atoms with van der Waals surface area (Å²) in [4.78, 5) is 11.4. The van der Waals surface area contributed by atoms with Gasteiger partial charge in [0.1, 0.15) is 6.26 Å². The van der Waals surface area contributed by atoms with E-state index in [0.717, 1.165) is 6.42 Å². The highest BCUT2D eigenvalue weighted by atomic mass is 79.9. The molecule has 0 radical (unpaired) electrons. The van der Waals surface area contributed by atoms with Gasteiger partial charge >= 0.3 is 0 Å². The lowest BCUT2D eigenvalue weighted by Gasteiger charge is -2.09. The minimum absolute atomic E-state index is 0.0937. The van der Waals surface area contributed by atoms with E-state index in [1.165, 1.54) is 6.26 Å². The van der Waals surface area contributed by atoms with Crippen LogP contribution >= 0.6 is 15.9 Å². The Morgan fingerprint density at radius 2 is 2.46 bits per heavy atom. The Hall–Kier alpha value is -0.770. The van der Waals surface area contributed by atoms with Crippen LogP contribution < -0.4 is 5.32 Å². The van der Waals surface area contributed by atoms with Gasteiger partial charge in [-0.3, -0.25) is 4.79 Å². The Kier molecular flexibility index (Phi) is 3.54. The van der Waals surface area contributed by atoms with E-state index in [-0.39, 0.29) is 11.9 Å². The van der Waals surface area contributed by atoms with Crippen LogP contribution in [0.15, 0.2) is 21.4 Å². The largest absolute Gasteiger partial charge is 0.457 e. The third-order valence-electron chi connectivity index (χ3n) is 1.82. The molecule has 0 saturated heterocycles. The second kappa shape index (κ2) is 4.46. The molecule has 0 aliphatic rings.